The van der Waals surface area contributed by atoms with Gasteiger partial charge in [0.25, 0.3) is 0 Å². The second-order valence-electron chi connectivity index (χ2n) is 5.57. The van der Waals surface area contributed by atoms with Gasteiger partial charge in [-0.25, -0.2) is 0 Å². The maximum Gasteiger partial charge on any atom is 0.0827 e. The summed E-state index contributed by atoms with van der Waals surface area (Å²) >= 11 is 0. The molecule has 0 heterocycles. The van der Waals surface area contributed by atoms with Crippen molar-refractivity contribution in [2.45, 2.75) is 32.3 Å². The number of fused-ring (bicyclic) bond motifs is 2. The summed E-state index contributed by atoms with van der Waals surface area (Å²) in [6.45, 7) is 2.14. The Kier molecular flexibility index (Phi) is 1.77. The molecule has 2 aromatic carbocycles. The Labute approximate surface area is 101 Å². The highest BCUT2D eigenvalue weighted by molar-refractivity contribution is 5.94. The minimum absolute atomic E-state index is 0.269. The quantitative estimate of drug-likeness (QED) is 0.728. The van der Waals surface area contributed by atoms with Crippen molar-refractivity contribution in [3.8, 4) is 0 Å². The highest BCUT2D eigenvalue weighted by atomic mass is 16.3. The zero-order valence-corrected chi connectivity index (χ0v) is 10.0. The fourth-order valence-electron chi connectivity index (χ4n) is 3.67. The van der Waals surface area contributed by atoms with Crippen molar-refractivity contribution >= 4 is 10.8 Å². The van der Waals surface area contributed by atoms with Crippen molar-refractivity contribution in [3.05, 3.63) is 46.5 Å². The molecule has 2 aliphatic rings. The average molecular weight is 224 g/mol. The Bertz CT molecular complexity index is 627. The van der Waals surface area contributed by atoms with Crippen molar-refractivity contribution in [3.63, 3.8) is 0 Å². The van der Waals surface area contributed by atoms with Crippen molar-refractivity contribution < 1.29 is 5.11 Å². The molecule has 1 N–H and O–H groups in total. The van der Waals surface area contributed by atoms with Gasteiger partial charge in [0.05, 0.1) is 6.10 Å². The smallest absolute Gasteiger partial charge is 0.0827 e. The average Bonchev–Trinajstić information content (AvgIpc) is 2.85. The molecule has 17 heavy (non-hydrogen) atoms. The van der Waals surface area contributed by atoms with Gasteiger partial charge in [-0.3, -0.25) is 0 Å². The molecule has 0 aromatic heterocycles. The summed E-state index contributed by atoms with van der Waals surface area (Å²) in [5, 5.41) is 13.1. The molecule has 0 spiro atoms. The first-order valence-electron chi connectivity index (χ1n) is 6.50. The van der Waals surface area contributed by atoms with Crippen LogP contribution in [0.5, 0.6) is 0 Å². The predicted octanol–water partition coefficient (Wildman–Crippen LogP) is 3.16. The van der Waals surface area contributed by atoms with E-state index in [1.807, 2.05) is 0 Å². The fourth-order valence-corrected chi connectivity index (χ4v) is 3.67. The number of benzene rings is 2. The Morgan fingerprint density at radius 1 is 1.12 bits per heavy atom. The van der Waals surface area contributed by atoms with E-state index < -0.39 is 0 Å². The second-order valence-corrected chi connectivity index (χ2v) is 5.57. The summed E-state index contributed by atoms with van der Waals surface area (Å²) in [4.78, 5) is 0. The maximum absolute atomic E-state index is 10.4. The number of rotatable bonds is 0. The normalized spacial score (nSPS) is 25.5. The van der Waals surface area contributed by atoms with Gasteiger partial charge in [0, 0.05) is 0 Å². The second kappa shape index (κ2) is 3.11. The predicted molar refractivity (Wildman–Crippen MR) is 69.2 cm³/mol. The summed E-state index contributed by atoms with van der Waals surface area (Å²) in [6.07, 6.45) is 3.10. The lowest BCUT2D eigenvalue weighted by Crippen LogP contribution is -2.01. The minimum atomic E-state index is -0.269. The zero-order chi connectivity index (χ0) is 11.6. The van der Waals surface area contributed by atoms with Gasteiger partial charge in [-0.05, 0) is 58.2 Å². The molecular weight excluding hydrogens is 208 g/mol. The molecule has 0 aliphatic heterocycles. The molecule has 0 saturated carbocycles. The molecule has 2 aliphatic carbocycles. The number of hydrogen-bond donors (Lipinski definition) is 1. The van der Waals surface area contributed by atoms with Crippen LogP contribution in [0.2, 0.25) is 0 Å². The maximum atomic E-state index is 10.4. The summed E-state index contributed by atoms with van der Waals surface area (Å²) in [5.74, 6) is 0.367. The van der Waals surface area contributed by atoms with Crippen LogP contribution in [-0.4, -0.2) is 5.11 Å². The lowest BCUT2D eigenvalue weighted by atomic mass is 9.96. The number of aliphatic hydroxyl groups is 1. The fraction of sp³-hybridized carbons (Fsp3) is 0.375. The Morgan fingerprint density at radius 3 is 2.82 bits per heavy atom. The first-order valence-corrected chi connectivity index (χ1v) is 6.50. The molecule has 2 unspecified atom stereocenters. The van der Waals surface area contributed by atoms with E-state index in [0.717, 1.165) is 6.42 Å². The molecule has 0 saturated heterocycles. The number of hydrogen-bond acceptors (Lipinski definition) is 1. The van der Waals surface area contributed by atoms with Gasteiger partial charge < -0.3 is 5.11 Å². The zero-order valence-electron chi connectivity index (χ0n) is 10.0. The van der Waals surface area contributed by atoms with E-state index in [1.165, 1.54) is 45.9 Å². The first kappa shape index (κ1) is 9.67. The molecule has 0 fully saturated rings. The summed E-state index contributed by atoms with van der Waals surface area (Å²) < 4.78 is 0. The third-order valence-corrected chi connectivity index (χ3v) is 4.50. The van der Waals surface area contributed by atoms with Gasteiger partial charge in [0.1, 0.15) is 0 Å². The monoisotopic (exact) mass is 224 g/mol. The highest BCUT2D eigenvalue weighted by Gasteiger charge is 2.31. The topological polar surface area (TPSA) is 20.2 Å². The largest absolute Gasteiger partial charge is 0.388 e. The van der Waals surface area contributed by atoms with Crippen LogP contribution in [0.1, 0.15) is 35.3 Å². The van der Waals surface area contributed by atoms with Crippen LogP contribution in [0, 0.1) is 5.92 Å². The van der Waals surface area contributed by atoms with E-state index in [0.29, 0.717) is 5.92 Å². The minimum Gasteiger partial charge on any atom is -0.388 e. The van der Waals surface area contributed by atoms with E-state index in [-0.39, 0.29) is 6.10 Å². The third-order valence-electron chi connectivity index (χ3n) is 4.50. The van der Waals surface area contributed by atoms with Crippen LogP contribution in [-0.2, 0) is 19.3 Å². The molecule has 2 aromatic rings. The molecule has 0 bridgehead atoms. The summed E-state index contributed by atoms with van der Waals surface area (Å²) in [7, 11) is 0. The first-order chi connectivity index (χ1) is 8.25. The van der Waals surface area contributed by atoms with Gasteiger partial charge >= 0.3 is 0 Å². The van der Waals surface area contributed by atoms with Crippen molar-refractivity contribution in [2.24, 2.45) is 5.92 Å². The SMILES string of the molecule is CC1Cc2cc3c4c(cccc4c2C1O)CC3. The third kappa shape index (κ3) is 1.13. The highest BCUT2D eigenvalue weighted by Crippen LogP contribution is 2.44. The van der Waals surface area contributed by atoms with Crippen molar-refractivity contribution in [2.75, 3.05) is 0 Å². The van der Waals surface area contributed by atoms with Crippen LogP contribution < -0.4 is 0 Å². The standard InChI is InChI=1S/C16H16O/c1-9-7-12-8-11-6-5-10-3-2-4-13(14(10)11)15(12)16(9)17/h2-4,8-9,16-17H,5-7H2,1H3. The van der Waals surface area contributed by atoms with E-state index in [9.17, 15) is 5.11 Å². The van der Waals surface area contributed by atoms with Gasteiger partial charge in [-0.2, -0.15) is 0 Å². The molecule has 0 amide bonds. The van der Waals surface area contributed by atoms with Crippen LogP contribution in [0.25, 0.3) is 10.8 Å². The van der Waals surface area contributed by atoms with Gasteiger partial charge in [-0.15, -0.1) is 0 Å². The van der Waals surface area contributed by atoms with E-state index in [4.69, 9.17) is 0 Å². The molecule has 1 heteroatoms. The van der Waals surface area contributed by atoms with Crippen LogP contribution in [0.3, 0.4) is 0 Å². The van der Waals surface area contributed by atoms with Gasteiger partial charge in [0.2, 0.25) is 0 Å². The van der Waals surface area contributed by atoms with Crippen LogP contribution in [0.15, 0.2) is 24.3 Å². The molecule has 1 nitrogen and oxygen atoms in total. The molecular formula is C16H16O. The van der Waals surface area contributed by atoms with Crippen LogP contribution in [0.4, 0.5) is 0 Å². The van der Waals surface area contributed by atoms with Crippen LogP contribution >= 0.6 is 0 Å². The van der Waals surface area contributed by atoms with E-state index in [2.05, 4.69) is 31.2 Å². The lowest BCUT2D eigenvalue weighted by Gasteiger charge is -2.12. The lowest BCUT2D eigenvalue weighted by molar-refractivity contribution is 0.134. The molecule has 2 atom stereocenters. The number of aliphatic hydroxyl groups excluding tert-OH is 1. The summed E-state index contributed by atoms with van der Waals surface area (Å²) in [6, 6.07) is 8.91. The van der Waals surface area contributed by atoms with Crippen molar-refractivity contribution in [1.82, 2.24) is 0 Å². The molecule has 86 valence electrons. The molecule has 0 radical (unpaired) electrons. The summed E-state index contributed by atoms with van der Waals surface area (Å²) in [5.41, 5.74) is 5.55. The molecule has 4 rings (SSSR count). The number of aryl methyl sites for hydroxylation is 2. The van der Waals surface area contributed by atoms with Gasteiger partial charge in [-0.1, -0.05) is 31.2 Å². The Morgan fingerprint density at radius 2 is 1.94 bits per heavy atom. The Hall–Kier alpha value is -1.34. The van der Waals surface area contributed by atoms with E-state index >= 15 is 0 Å². The van der Waals surface area contributed by atoms with Gasteiger partial charge in [0.15, 0.2) is 0 Å². The van der Waals surface area contributed by atoms with Crippen molar-refractivity contribution in [1.29, 1.82) is 0 Å². The Balaban J connectivity index is 2.15. The van der Waals surface area contributed by atoms with E-state index in [1.54, 1.807) is 0 Å².